The largest absolute Gasteiger partial charge is 0.326 e. The van der Waals surface area contributed by atoms with Gasteiger partial charge in [0.1, 0.15) is 0 Å². The van der Waals surface area contributed by atoms with Crippen LogP contribution in [0.3, 0.4) is 0 Å². The average molecular weight is 267 g/mol. The molecule has 0 unspecified atom stereocenters. The van der Waals surface area contributed by atoms with Crippen LogP contribution in [0.5, 0.6) is 0 Å². The number of halogens is 1. The van der Waals surface area contributed by atoms with Gasteiger partial charge in [0, 0.05) is 18.5 Å². The molecule has 0 N–H and O–H groups in total. The summed E-state index contributed by atoms with van der Waals surface area (Å²) in [5.41, 5.74) is 1.08. The van der Waals surface area contributed by atoms with E-state index in [0.29, 0.717) is 6.54 Å². The van der Waals surface area contributed by atoms with E-state index in [9.17, 15) is 4.79 Å². The van der Waals surface area contributed by atoms with Crippen molar-refractivity contribution in [2.75, 3.05) is 19.8 Å². The Hall–Kier alpha value is -1.06. The van der Waals surface area contributed by atoms with Gasteiger partial charge < -0.3 is 4.90 Å². The molecule has 18 heavy (non-hydrogen) atoms. The van der Waals surface area contributed by atoms with Gasteiger partial charge in [-0.25, -0.2) is 0 Å². The summed E-state index contributed by atoms with van der Waals surface area (Å²) in [4.78, 5) is 15.9. The Balaban J connectivity index is 1.99. The van der Waals surface area contributed by atoms with E-state index in [1.807, 2.05) is 29.2 Å². The fourth-order valence-electron chi connectivity index (χ4n) is 2.28. The van der Waals surface area contributed by atoms with Crippen LogP contribution in [0.25, 0.3) is 0 Å². The lowest BCUT2D eigenvalue weighted by Gasteiger charge is -2.26. The highest BCUT2D eigenvalue weighted by Gasteiger charge is 2.17. The standard InChI is InChI=1S/C14H19ClN2O/c1-12(18)17(11-16-7-2-3-8-16)10-13-5-4-6-14(15)9-13/h4-6,9H,2-3,7-8,10-11H2,1H3. The number of nitrogens with zero attached hydrogens (tertiary/aromatic N) is 2. The van der Waals surface area contributed by atoms with E-state index in [0.717, 1.165) is 30.3 Å². The van der Waals surface area contributed by atoms with Crippen LogP contribution in [-0.2, 0) is 11.3 Å². The van der Waals surface area contributed by atoms with Gasteiger partial charge in [-0.2, -0.15) is 0 Å². The van der Waals surface area contributed by atoms with E-state index < -0.39 is 0 Å². The highest BCUT2D eigenvalue weighted by molar-refractivity contribution is 6.30. The Morgan fingerprint density at radius 2 is 2.11 bits per heavy atom. The third kappa shape index (κ3) is 3.72. The first-order chi connectivity index (χ1) is 8.65. The third-order valence-corrected chi connectivity index (χ3v) is 3.51. The van der Waals surface area contributed by atoms with E-state index in [1.165, 1.54) is 12.8 Å². The molecule has 0 atom stereocenters. The Kier molecular flexibility index (Phi) is 4.61. The molecule has 0 spiro atoms. The van der Waals surface area contributed by atoms with Crippen molar-refractivity contribution < 1.29 is 4.79 Å². The van der Waals surface area contributed by atoms with Crippen molar-refractivity contribution in [2.45, 2.75) is 26.3 Å². The molecule has 1 saturated heterocycles. The number of hydrogen-bond acceptors (Lipinski definition) is 2. The number of hydrogen-bond donors (Lipinski definition) is 0. The lowest BCUT2D eigenvalue weighted by atomic mass is 10.2. The molecule has 1 aromatic rings. The molecule has 1 aromatic carbocycles. The molecule has 0 aliphatic carbocycles. The molecule has 0 aromatic heterocycles. The summed E-state index contributed by atoms with van der Waals surface area (Å²) < 4.78 is 0. The van der Waals surface area contributed by atoms with Crippen LogP contribution in [0.15, 0.2) is 24.3 Å². The van der Waals surface area contributed by atoms with Gasteiger partial charge in [0.05, 0.1) is 6.67 Å². The number of likely N-dealkylation sites (tertiary alicyclic amines) is 1. The van der Waals surface area contributed by atoms with Crippen molar-refractivity contribution in [3.63, 3.8) is 0 Å². The van der Waals surface area contributed by atoms with Crippen LogP contribution in [0.1, 0.15) is 25.3 Å². The van der Waals surface area contributed by atoms with Crippen LogP contribution in [0.2, 0.25) is 5.02 Å². The first kappa shape index (κ1) is 13.4. The number of amides is 1. The first-order valence-electron chi connectivity index (χ1n) is 6.37. The van der Waals surface area contributed by atoms with Gasteiger partial charge in [-0.15, -0.1) is 0 Å². The Morgan fingerprint density at radius 3 is 2.72 bits per heavy atom. The molecule has 0 saturated carbocycles. The van der Waals surface area contributed by atoms with Gasteiger partial charge in [0.2, 0.25) is 5.91 Å². The Morgan fingerprint density at radius 1 is 1.39 bits per heavy atom. The van der Waals surface area contributed by atoms with Crippen molar-refractivity contribution in [3.8, 4) is 0 Å². The van der Waals surface area contributed by atoms with E-state index in [2.05, 4.69) is 4.90 Å². The molecule has 2 rings (SSSR count). The number of benzene rings is 1. The Bertz CT molecular complexity index is 416. The van der Waals surface area contributed by atoms with Crippen molar-refractivity contribution in [3.05, 3.63) is 34.9 Å². The second-order valence-corrected chi connectivity index (χ2v) is 5.25. The molecule has 1 aliphatic heterocycles. The minimum Gasteiger partial charge on any atom is -0.326 e. The summed E-state index contributed by atoms with van der Waals surface area (Å²) in [6.07, 6.45) is 2.48. The normalized spacial score (nSPS) is 15.9. The van der Waals surface area contributed by atoms with E-state index in [1.54, 1.807) is 6.92 Å². The monoisotopic (exact) mass is 266 g/mol. The highest BCUT2D eigenvalue weighted by atomic mass is 35.5. The molecule has 1 fully saturated rings. The smallest absolute Gasteiger partial charge is 0.220 e. The van der Waals surface area contributed by atoms with Crippen molar-refractivity contribution >= 4 is 17.5 Å². The van der Waals surface area contributed by atoms with Gasteiger partial charge in [0.25, 0.3) is 0 Å². The van der Waals surface area contributed by atoms with Crippen molar-refractivity contribution in [2.24, 2.45) is 0 Å². The third-order valence-electron chi connectivity index (χ3n) is 3.28. The first-order valence-corrected chi connectivity index (χ1v) is 6.75. The van der Waals surface area contributed by atoms with Gasteiger partial charge in [-0.1, -0.05) is 23.7 Å². The zero-order chi connectivity index (χ0) is 13.0. The fourth-order valence-corrected chi connectivity index (χ4v) is 2.49. The van der Waals surface area contributed by atoms with Crippen LogP contribution in [-0.4, -0.2) is 35.5 Å². The topological polar surface area (TPSA) is 23.6 Å². The summed E-state index contributed by atoms with van der Waals surface area (Å²) in [7, 11) is 0. The average Bonchev–Trinajstić information content (AvgIpc) is 2.81. The zero-order valence-corrected chi connectivity index (χ0v) is 11.5. The number of carbonyl (C=O) groups is 1. The second-order valence-electron chi connectivity index (χ2n) is 4.81. The molecule has 0 bridgehead atoms. The zero-order valence-electron chi connectivity index (χ0n) is 10.7. The number of rotatable bonds is 4. The predicted molar refractivity (Wildman–Crippen MR) is 73.4 cm³/mol. The minimum atomic E-state index is 0.113. The number of carbonyl (C=O) groups excluding carboxylic acids is 1. The summed E-state index contributed by atoms with van der Waals surface area (Å²) in [6, 6.07) is 7.70. The van der Waals surface area contributed by atoms with Crippen LogP contribution in [0, 0.1) is 0 Å². The SMILES string of the molecule is CC(=O)N(Cc1cccc(Cl)c1)CN1CCCC1. The van der Waals surface area contributed by atoms with Crippen molar-refractivity contribution in [1.29, 1.82) is 0 Å². The minimum absolute atomic E-state index is 0.113. The summed E-state index contributed by atoms with van der Waals surface area (Å²) >= 11 is 5.96. The quantitative estimate of drug-likeness (QED) is 0.837. The van der Waals surface area contributed by atoms with Crippen LogP contribution < -0.4 is 0 Å². The van der Waals surface area contributed by atoms with E-state index in [4.69, 9.17) is 11.6 Å². The van der Waals surface area contributed by atoms with Crippen molar-refractivity contribution in [1.82, 2.24) is 9.80 Å². The molecule has 0 radical (unpaired) electrons. The molecule has 4 heteroatoms. The van der Waals surface area contributed by atoms with E-state index >= 15 is 0 Å². The molecule has 98 valence electrons. The fraction of sp³-hybridized carbons (Fsp3) is 0.500. The van der Waals surface area contributed by atoms with Crippen LogP contribution in [0.4, 0.5) is 0 Å². The highest BCUT2D eigenvalue weighted by Crippen LogP contribution is 2.14. The maximum atomic E-state index is 11.7. The Labute approximate surface area is 113 Å². The lowest BCUT2D eigenvalue weighted by molar-refractivity contribution is -0.131. The lowest BCUT2D eigenvalue weighted by Crippen LogP contribution is -2.38. The molecule has 1 aliphatic rings. The van der Waals surface area contributed by atoms with Gasteiger partial charge >= 0.3 is 0 Å². The summed E-state index contributed by atoms with van der Waals surface area (Å²) in [6.45, 7) is 5.17. The van der Waals surface area contributed by atoms with Gasteiger partial charge in [-0.05, 0) is 43.6 Å². The molecule has 1 heterocycles. The van der Waals surface area contributed by atoms with Gasteiger partial charge in [0.15, 0.2) is 0 Å². The van der Waals surface area contributed by atoms with Crippen LogP contribution >= 0.6 is 11.6 Å². The second kappa shape index (κ2) is 6.21. The molecule has 1 amide bonds. The molecule has 3 nitrogen and oxygen atoms in total. The molecular weight excluding hydrogens is 248 g/mol. The maximum absolute atomic E-state index is 11.7. The maximum Gasteiger partial charge on any atom is 0.220 e. The van der Waals surface area contributed by atoms with Gasteiger partial charge in [-0.3, -0.25) is 9.69 Å². The predicted octanol–water partition coefficient (Wildman–Crippen LogP) is 2.74. The van der Waals surface area contributed by atoms with E-state index in [-0.39, 0.29) is 5.91 Å². The summed E-state index contributed by atoms with van der Waals surface area (Å²) in [5.74, 6) is 0.113. The molecular formula is C14H19ClN2O. The summed E-state index contributed by atoms with van der Waals surface area (Å²) in [5, 5.41) is 0.720.